The van der Waals surface area contributed by atoms with Gasteiger partial charge in [-0.25, -0.2) is 0 Å². The summed E-state index contributed by atoms with van der Waals surface area (Å²) in [5.41, 5.74) is 1.00. The summed E-state index contributed by atoms with van der Waals surface area (Å²) in [4.78, 5) is 1.91. The molecule has 0 aliphatic heterocycles. The largest absolute Gasteiger partial charge is 0.348 e. The van der Waals surface area contributed by atoms with Crippen molar-refractivity contribution in [3.8, 4) is 24.7 Å². The zero-order valence-corrected chi connectivity index (χ0v) is 9.63. The van der Waals surface area contributed by atoms with Crippen LogP contribution in [0.1, 0.15) is 0 Å². The highest BCUT2D eigenvalue weighted by Gasteiger charge is 2.05. The van der Waals surface area contributed by atoms with Crippen LogP contribution in [0.4, 0.5) is 5.69 Å². The highest BCUT2D eigenvalue weighted by Crippen LogP contribution is 2.12. The van der Waals surface area contributed by atoms with E-state index in [-0.39, 0.29) is 13.2 Å². The maximum absolute atomic E-state index is 5.29. The predicted molar refractivity (Wildman–Crippen MR) is 68.2 cm³/mol. The lowest BCUT2D eigenvalue weighted by molar-refractivity contribution is 0.113. The van der Waals surface area contributed by atoms with E-state index < -0.39 is 0 Å². The Bertz CT molecular complexity index is 369. The van der Waals surface area contributed by atoms with Gasteiger partial charge in [0.1, 0.15) is 26.7 Å². The third-order valence-corrected chi connectivity index (χ3v) is 1.99. The Kier molecular flexibility index (Phi) is 6.36. The number of anilines is 1. The molecule has 0 saturated heterocycles. The predicted octanol–water partition coefficient (Wildman–Crippen LogP) is 1.71. The first kappa shape index (κ1) is 13.1. The Morgan fingerprint density at radius 2 is 1.47 bits per heavy atom. The summed E-state index contributed by atoms with van der Waals surface area (Å²) in [6.07, 6.45) is 10.2. The maximum Gasteiger partial charge on any atom is 0.122 e. The second-order valence-corrected chi connectivity index (χ2v) is 3.24. The zero-order chi connectivity index (χ0) is 12.3. The van der Waals surface area contributed by atoms with E-state index in [1.807, 2.05) is 35.2 Å². The van der Waals surface area contributed by atoms with Crippen molar-refractivity contribution in [1.82, 2.24) is 0 Å². The molecule has 0 heterocycles. The summed E-state index contributed by atoms with van der Waals surface area (Å²) in [5, 5.41) is 0. The minimum absolute atomic E-state index is 0.276. The molecule has 0 spiro atoms. The van der Waals surface area contributed by atoms with Gasteiger partial charge >= 0.3 is 0 Å². The maximum atomic E-state index is 5.29. The number of rotatable bonds is 7. The molecular weight excluding hydrogens is 214 g/mol. The third-order valence-electron chi connectivity index (χ3n) is 1.99. The molecule has 0 saturated carbocycles. The Morgan fingerprint density at radius 1 is 0.941 bits per heavy atom. The van der Waals surface area contributed by atoms with Crippen molar-refractivity contribution in [3.63, 3.8) is 0 Å². The van der Waals surface area contributed by atoms with Crippen LogP contribution in [0.25, 0.3) is 0 Å². The van der Waals surface area contributed by atoms with Crippen molar-refractivity contribution in [1.29, 1.82) is 0 Å². The van der Waals surface area contributed by atoms with Gasteiger partial charge in [-0.3, -0.25) is 0 Å². The fourth-order valence-corrected chi connectivity index (χ4v) is 1.25. The molecule has 1 aromatic rings. The number of para-hydroxylation sites is 1. The second-order valence-electron chi connectivity index (χ2n) is 3.24. The molecule has 3 heteroatoms. The van der Waals surface area contributed by atoms with Gasteiger partial charge in [0, 0.05) is 5.69 Å². The number of hydrogen-bond acceptors (Lipinski definition) is 3. The molecule has 0 bridgehead atoms. The van der Waals surface area contributed by atoms with E-state index in [0.717, 1.165) is 5.69 Å². The van der Waals surface area contributed by atoms with Crippen molar-refractivity contribution >= 4 is 5.69 Å². The Balaban J connectivity index is 2.53. The summed E-state index contributed by atoms with van der Waals surface area (Å²) in [5.74, 6) is 4.84. The van der Waals surface area contributed by atoms with Crippen molar-refractivity contribution in [3.05, 3.63) is 30.3 Å². The van der Waals surface area contributed by atoms with E-state index in [0.29, 0.717) is 13.5 Å². The average Bonchev–Trinajstić information content (AvgIpc) is 2.38. The minimum atomic E-state index is 0.276. The standard InChI is InChI=1S/C14H15NO2/c1-3-10-16-12-15(13-17-11-4-2)14-8-6-5-7-9-14/h1-2,5-9H,10-13H2. The molecule has 0 amide bonds. The van der Waals surface area contributed by atoms with Crippen molar-refractivity contribution < 1.29 is 9.47 Å². The van der Waals surface area contributed by atoms with Crippen molar-refractivity contribution in [2.24, 2.45) is 0 Å². The van der Waals surface area contributed by atoms with Gasteiger partial charge < -0.3 is 14.4 Å². The number of nitrogens with zero attached hydrogens (tertiary/aromatic N) is 1. The molecule has 1 rings (SSSR count). The Morgan fingerprint density at radius 3 is 1.94 bits per heavy atom. The summed E-state index contributed by atoms with van der Waals surface area (Å²) in [6.45, 7) is 1.30. The molecule has 0 aromatic heterocycles. The average molecular weight is 229 g/mol. The quantitative estimate of drug-likeness (QED) is 0.403. The molecule has 0 unspecified atom stereocenters. The van der Waals surface area contributed by atoms with Gasteiger partial charge in [0.15, 0.2) is 0 Å². The third kappa shape index (κ3) is 5.08. The van der Waals surface area contributed by atoms with Crippen LogP contribution in [0, 0.1) is 24.7 Å². The molecule has 0 atom stereocenters. The lowest BCUT2D eigenvalue weighted by atomic mass is 10.3. The smallest absolute Gasteiger partial charge is 0.122 e. The van der Waals surface area contributed by atoms with Gasteiger partial charge in [-0.05, 0) is 12.1 Å². The van der Waals surface area contributed by atoms with Gasteiger partial charge in [0.2, 0.25) is 0 Å². The topological polar surface area (TPSA) is 21.7 Å². The van der Waals surface area contributed by atoms with E-state index in [2.05, 4.69) is 11.8 Å². The zero-order valence-electron chi connectivity index (χ0n) is 9.63. The first-order valence-electron chi connectivity index (χ1n) is 5.21. The van der Waals surface area contributed by atoms with Crippen LogP contribution in [0.2, 0.25) is 0 Å². The van der Waals surface area contributed by atoms with Crippen LogP contribution >= 0.6 is 0 Å². The van der Waals surface area contributed by atoms with Crippen LogP contribution in [0.15, 0.2) is 30.3 Å². The van der Waals surface area contributed by atoms with Crippen molar-refractivity contribution in [2.75, 3.05) is 31.6 Å². The molecule has 0 aliphatic rings. The Hall–Kier alpha value is -1.94. The molecule has 17 heavy (non-hydrogen) atoms. The molecule has 0 aliphatic carbocycles. The summed E-state index contributed by atoms with van der Waals surface area (Å²) in [7, 11) is 0. The van der Waals surface area contributed by atoms with E-state index in [1.54, 1.807) is 0 Å². The lowest BCUT2D eigenvalue weighted by Crippen LogP contribution is -2.29. The highest BCUT2D eigenvalue weighted by molar-refractivity contribution is 5.45. The van der Waals surface area contributed by atoms with E-state index in [4.69, 9.17) is 22.3 Å². The summed E-state index contributed by atoms with van der Waals surface area (Å²) >= 11 is 0. The highest BCUT2D eigenvalue weighted by atomic mass is 16.5. The summed E-state index contributed by atoms with van der Waals surface area (Å²) in [6, 6.07) is 9.79. The minimum Gasteiger partial charge on any atom is -0.348 e. The van der Waals surface area contributed by atoms with Gasteiger partial charge in [0.25, 0.3) is 0 Å². The van der Waals surface area contributed by atoms with Crippen LogP contribution in [-0.2, 0) is 9.47 Å². The molecule has 0 radical (unpaired) electrons. The molecule has 3 nitrogen and oxygen atoms in total. The van der Waals surface area contributed by atoms with E-state index in [1.165, 1.54) is 0 Å². The molecule has 88 valence electrons. The normalized spacial score (nSPS) is 9.29. The van der Waals surface area contributed by atoms with E-state index in [9.17, 15) is 0 Å². The number of terminal acetylenes is 2. The van der Waals surface area contributed by atoms with Crippen molar-refractivity contribution in [2.45, 2.75) is 0 Å². The first-order valence-corrected chi connectivity index (χ1v) is 5.21. The molecular formula is C14H15NO2. The number of ether oxygens (including phenoxy) is 2. The van der Waals surface area contributed by atoms with Gasteiger partial charge in [-0.1, -0.05) is 30.0 Å². The fraction of sp³-hybridized carbons (Fsp3) is 0.286. The van der Waals surface area contributed by atoms with Crippen LogP contribution in [0.5, 0.6) is 0 Å². The second kappa shape index (κ2) is 8.24. The monoisotopic (exact) mass is 229 g/mol. The van der Waals surface area contributed by atoms with Crippen LogP contribution in [-0.4, -0.2) is 26.7 Å². The number of hydrogen-bond donors (Lipinski definition) is 0. The summed E-state index contributed by atoms with van der Waals surface area (Å²) < 4.78 is 10.6. The van der Waals surface area contributed by atoms with Gasteiger partial charge in [0.05, 0.1) is 0 Å². The Labute approximate surface area is 102 Å². The van der Waals surface area contributed by atoms with Gasteiger partial charge in [-0.2, -0.15) is 0 Å². The lowest BCUT2D eigenvalue weighted by Gasteiger charge is -2.23. The van der Waals surface area contributed by atoms with Crippen LogP contribution in [0.3, 0.4) is 0 Å². The van der Waals surface area contributed by atoms with Crippen LogP contribution < -0.4 is 4.90 Å². The van der Waals surface area contributed by atoms with E-state index >= 15 is 0 Å². The fourth-order valence-electron chi connectivity index (χ4n) is 1.25. The molecule has 1 aromatic carbocycles. The number of benzene rings is 1. The molecule has 0 fully saturated rings. The van der Waals surface area contributed by atoms with Gasteiger partial charge in [-0.15, -0.1) is 12.8 Å². The first-order chi connectivity index (χ1) is 8.38. The SMILES string of the molecule is C#CCOCN(COCC#C)c1ccccc1. The molecule has 0 N–H and O–H groups in total.